The summed E-state index contributed by atoms with van der Waals surface area (Å²) in [5.41, 5.74) is 0.913. The molecule has 1 aromatic carbocycles. The van der Waals surface area contributed by atoms with Crippen LogP contribution in [0.4, 0.5) is 18.3 Å². The molecule has 8 heteroatoms. The molecule has 1 N–H and O–H groups in total. The first-order chi connectivity index (χ1) is 9.94. The van der Waals surface area contributed by atoms with Gasteiger partial charge in [0.1, 0.15) is 17.8 Å². The minimum Gasteiger partial charge on any atom is -0.406 e. The standard InChI is InChI=1S/C13H15F3N2OS2/c1-3-20-7-6-18-10-5-4-9(19-13(14,15)16)8-11(10)21-12(18)17-2/h4-5,8H,3,6-7H2,1-2H3/p+1. The maximum absolute atomic E-state index is 12.3. The van der Waals surface area contributed by atoms with E-state index in [0.29, 0.717) is 0 Å². The normalized spacial score (nSPS) is 11.9. The molecule has 2 rings (SSSR count). The first-order valence-corrected chi connectivity index (χ1v) is 8.39. The van der Waals surface area contributed by atoms with Crippen molar-refractivity contribution in [3.8, 4) is 5.75 Å². The molecule has 0 saturated carbocycles. The summed E-state index contributed by atoms with van der Waals surface area (Å²) in [6.07, 6.45) is -4.66. The number of fused-ring (bicyclic) bond motifs is 1. The van der Waals surface area contributed by atoms with Gasteiger partial charge in [0.05, 0.1) is 11.7 Å². The van der Waals surface area contributed by atoms with Gasteiger partial charge in [-0.3, -0.25) is 5.32 Å². The first-order valence-electron chi connectivity index (χ1n) is 6.42. The van der Waals surface area contributed by atoms with E-state index in [9.17, 15) is 13.2 Å². The minimum absolute atomic E-state index is 0.186. The summed E-state index contributed by atoms with van der Waals surface area (Å²) in [5.74, 6) is 1.82. The number of hydrogen-bond donors (Lipinski definition) is 1. The van der Waals surface area contributed by atoms with Crippen LogP contribution in [-0.2, 0) is 6.54 Å². The minimum atomic E-state index is -4.66. The molecular formula is C13H16F3N2OS2+. The molecule has 0 bridgehead atoms. The third-order valence-corrected chi connectivity index (χ3v) is 4.83. The average molecular weight is 337 g/mol. The van der Waals surface area contributed by atoms with Crippen LogP contribution >= 0.6 is 23.1 Å². The zero-order valence-corrected chi connectivity index (χ0v) is 13.3. The summed E-state index contributed by atoms with van der Waals surface area (Å²) < 4.78 is 43.6. The molecule has 3 nitrogen and oxygen atoms in total. The lowest BCUT2D eigenvalue weighted by Gasteiger charge is -2.08. The van der Waals surface area contributed by atoms with E-state index < -0.39 is 6.36 Å². The SMILES string of the molecule is CCSCC[n+]1c(NC)sc2cc(OC(F)(F)F)ccc21. The smallest absolute Gasteiger partial charge is 0.406 e. The van der Waals surface area contributed by atoms with Crippen molar-refractivity contribution in [2.24, 2.45) is 0 Å². The van der Waals surface area contributed by atoms with Crippen molar-refractivity contribution in [1.29, 1.82) is 0 Å². The van der Waals surface area contributed by atoms with Crippen LogP contribution in [0.25, 0.3) is 10.2 Å². The topological polar surface area (TPSA) is 25.1 Å². The van der Waals surface area contributed by atoms with Crippen molar-refractivity contribution in [3.63, 3.8) is 0 Å². The summed E-state index contributed by atoms with van der Waals surface area (Å²) in [6.45, 7) is 2.91. The second kappa shape index (κ2) is 6.74. The number of thiazole rings is 1. The molecule has 2 aromatic rings. The van der Waals surface area contributed by atoms with Gasteiger partial charge in [-0.15, -0.1) is 13.2 Å². The molecule has 116 valence electrons. The maximum Gasteiger partial charge on any atom is 0.573 e. The molecule has 0 amide bonds. The molecule has 0 aliphatic rings. The number of anilines is 1. The number of halogens is 3. The third-order valence-electron chi connectivity index (χ3n) is 2.78. The molecule has 0 unspecified atom stereocenters. The quantitative estimate of drug-likeness (QED) is 0.640. The molecule has 0 spiro atoms. The Kier molecular flexibility index (Phi) is 5.21. The number of aryl methyl sites for hydroxylation is 1. The lowest BCUT2D eigenvalue weighted by atomic mass is 10.3. The highest BCUT2D eigenvalue weighted by Gasteiger charge is 2.31. The first kappa shape index (κ1) is 16.2. The Morgan fingerprint density at radius 1 is 1.38 bits per heavy atom. The summed E-state index contributed by atoms with van der Waals surface area (Å²) in [4.78, 5) is 0. The second-order valence-corrected chi connectivity index (χ2v) is 6.61. The van der Waals surface area contributed by atoms with Crippen LogP contribution < -0.4 is 14.6 Å². The number of alkyl halides is 3. The zero-order chi connectivity index (χ0) is 15.5. The summed E-state index contributed by atoms with van der Waals surface area (Å²) >= 11 is 3.25. The van der Waals surface area contributed by atoms with Crippen LogP contribution in [0.5, 0.6) is 5.75 Å². The number of benzene rings is 1. The van der Waals surface area contributed by atoms with Crippen molar-refractivity contribution in [2.75, 3.05) is 23.9 Å². The van der Waals surface area contributed by atoms with E-state index in [2.05, 4.69) is 21.5 Å². The van der Waals surface area contributed by atoms with Crippen LogP contribution in [0.15, 0.2) is 18.2 Å². The van der Waals surface area contributed by atoms with E-state index in [0.717, 1.165) is 33.4 Å². The van der Waals surface area contributed by atoms with Crippen molar-refractivity contribution < 1.29 is 22.5 Å². The molecule has 0 aliphatic carbocycles. The number of nitrogens with zero attached hydrogens (tertiary/aromatic N) is 1. The number of thioether (sulfide) groups is 1. The second-order valence-electron chi connectivity index (χ2n) is 4.18. The van der Waals surface area contributed by atoms with Gasteiger partial charge >= 0.3 is 11.5 Å². The fourth-order valence-corrected chi connectivity index (χ4v) is 3.64. The van der Waals surface area contributed by atoms with Gasteiger partial charge in [0.2, 0.25) is 0 Å². The van der Waals surface area contributed by atoms with Gasteiger partial charge in [0, 0.05) is 11.8 Å². The Hall–Kier alpha value is -1.15. The number of aromatic nitrogens is 1. The molecular weight excluding hydrogens is 321 g/mol. The Labute approximate surface area is 129 Å². The predicted molar refractivity (Wildman–Crippen MR) is 81.2 cm³/mol. The molecule has 0 radical (unpaired) electrons. The van der Waals surface area contributed by atoms with Crippen molar-refractivity contribution in [3.05, 3.63) is 18.2 Å². The predicted octanol–water partition coefficient (Wildman–Crippen LogP) is 3.88. The van der Waals surface area contributed by atoms with Crippen LogP contribution in [0, 0.1) is 0 Å². The van der Waals surface area contributed by atoms with Crippen molar-refractivity contribution in [2.45, 2.75) is 19.8 Å². The van der Waals surface area contributed by atoms with E-state index >= 15 is 0 Å². The van der Waals surface area contributed by atoms with Gasteiger partial charge in [-0.05, 0) is 29.2 Å². The third kappa shape index (κ3) is 4.16. The number of nitrogens with one attached hydrogen (secondary N) is 1. The van der Waals surface area contributed by atoms with E-state index in [-0.39, 0.29) is 5.75 Å². The molecule has 1 aromatic heterocycles. The van der Waals surface area contributed by atoms with Crippen molar-refractivity contribution in [1.82, 2.24) is 0 Å². The number of ether oxygens (including phenoxy) is 1. The maximum atomic E-state index is 12.3. The lowest BCUT2D eigenvalue weighted by molar-refractivity contribution is -0.648. The molecule has 0 fully saturated rings. The Morgan fingerprint density at radius 3 is 2.76 bits per heavy atom. The average Bonchev–Trinajstić information content (AvgIpc) is 2.74. The van der Waals surface area contributed by atoms with Gasteiger partial charge in [-0.1, -0.05) is 6.92 Å². The van der Waals surface area contributed by atoms with E-state index in [1.165, 1.54) is 23.5 Å². The fraction of sp³-hybridized carbons (Fsp3) is 0.462. The Bertz CT molecular complexity index is 613. The highest BCUT2D eigenvalue weighted by atomic mass is 32.2. The van der Waals surface area contributed by atoms with Gasteiger partial charge in [0.15, 0.2) is 0 Å². The highest BCUT2D eigenvalue weighted by Crippen LogP contribution is 2.30. The van der Waals surface area contributed by atoms with E-state index in [1.807, 2.05) is 11.8 Å². The van der Waals surface area contributed by atoms with Crippen LogP contribution in [0.3, 0.4) is 0 Å². The van der Waals surface area contributed by atoms with Crippen LogP contribution in [0.1, 0.15) is 6.92 Å². The fourth-order valence-electron chi connectivity index (χ4n) is 1.97. The monoisotopic (exact) mass is 337 g/mol. The molecule has 0 saturated heterocycles. The highest BCUT2D eigenvalue weighted by molar-refractivity contribution is 7.99. The Morgan fingerprint density at radius 2 is 2.14 bits per heavy atom. The molecule has 0 atom stereocenters. The number of rotatable bonds is 6. The van der Waals surface area contributed by atoms with E-state index in [1.54, 1.807) is 13.1 Å². The summed E-state index contributed by atoms with van der Waals surface area (Å²) in [5, 5.41) is 4.01. The number of hydrogen-bond acceptors (Lipinski definition) is 4. The lowest BCUT2D eigenvalue weighted by Crippen LogP contribution is -2.36. The molecule has 21 heavy (non-hydrogen) atoms. The van der Waals surface area contributed by atoms with Crippen molar-refractivity contribution >= 4 is 38.4 Å². The summed E-state index contributed by atoms with van der Waals surface area (Å²) in [7, 11) is 1.81. The Balaban J connectivity index is 2.32. The van der Waals surface area contributed by atoms with Gasteiger partial charge in [-0.25, -0.2) is 4.57 Å². The van der Waals surface area contributed by atoms with E-state index in [4.69, 9.17) is 0 Å². The van der Waals surface area contributed by atoms with Crippen LogP contribution in [0.2, 0.25) is 0 Å². The molecule has 0 aliphatic heterocycles. The van der Waals surface area contributed by atoms with Gasteiger partial charge < -0.3 is 4.74 Å². The molecule has 1 heterocycles. The largest absolute Gasteiger partial charge is 0.573 e. The van der Waals surface area contributed by atoms with Gasteiger partial charge in [-0.2, -0.15) is 11.8 Å². The summed E-state index contributed by atoms with van der Waals surface area (Å²) in [6, 6.07) is 4.45. The zero-order valence-electron chi connectivity index (χ0n) is 11.7. The van der Waals surface area contributed by atoms with Gasteiger partial charge in [0.25, 0.3) is 0 Å². The van der Waals surface area contributed by atoms with Crippen LogP contribution in [-0.4, -0.2) is 24.9 Å².